The van der Waals surface area contributed by atoms with Crippen LogP contribution in [-0.2, 0) is 0 Å². The highest BCUT2D eigenvalue weighted by atomic mass is 19.4. The van der Waals surface area contributed by atoms with Crippen LogP contribution >= 0.6 is 0 Å². The predicted octanol–water partition coefficient (Wildman–Crippen LogP) is 3.62. The van der Waals surface area contributed by atoms with Crippen LogP contribution in [0.15, 0.2) is 30.3 Å². The number of hydrogen-bond acceptors (Lipinski definition) is 3. The summed E-state index contributed by atoms with van der Waals surface area (Å²) in [6.07, 6.45) is -4.84. The summed E-state index contributed by atoms with van der Waals surface area (Å²) in [5, 5.41) is 9.98. The number of halogens is 3. The Kier molecular flexibility index (Phi) is 3.21. The highest BCUT2D eigenvalue weighted by molar-refractivity contribution is 5.87. The lowest BCUT2D eigenvalue weighted by Crippen LogP contribution is -2.17. The minimum absolute atomic E-state index is 0.171. The third kappa shape index (κ3) is 2.88. The molecule has 0 unspecified atom stereocenters. The molecule has 2 aromatic carbocycles. The fourth-order valence-corrected chi connectivity index (χ4v) is 1.68. The number of hydrogen-bond donors (Lipinski definition) is 0. The van der Waals surface area contributed by atoms with E-state index in [0.717, 1.165) is 0 Å². The van der Waals surface area contributed by atoms with Gasteiger partial charge in [0.25, 0.3) is 0 Å². The van der Waals surface area contributed by atoms with Crippen molar-refractivity contribution in [2.24, 2.45) is 0 Å². The summed E-state index contributed by atoms with van der Waals surface area (Å²) in [5.41, 5.74) is -0.171. The van der Waals surface area contributed by atoms with E-state index in [0.29, 0.717) is 16.5 Å². The number of methoxy groups -OCH3 is 1. The van der Waals surface area contributed by atoms with Gasteiger partial charge in [-0.05, 0) is 35.0 Å². The van der Waals surface area contributed by atoms with Gasteiger partial charge in [0.05, 0.1) is 12.7 Å². The first kappa shape index (κ1) is 13.0. The van der Waals surface area contributed by atoms with Crippen LogP contribution in [0.25, 0.3) is 10.8 Å². The topological polar surface area (TPSA) is 42.2 Å². The Bertz CT molecular complexity index is 659. The van der Waals surface area contributed by atoms with Crippen LogP contribution in [0.5, 0.6) is 11.5 Å². The van der Waals surface area contributed by atoms with E-state index >= 15 is 0 Å². The summed E-state index contributed by atoms with van der Waals surface area (Å²) < 4.78 is 45.6. The molecule has 0 bridgehead atoms. The van der Waals surface area contributed by atoms with Crippen molar-refractivity contribution in [3.63, 3.8) is 0 Å². The van der Waals surface area contributed by atoms with Crippen molar-refractivity contribution in [1.82, 2.24) is 0 Å². The molecule has 0 saturated heterocycles. The molecule has 0 saturated carbocycles. The molecule has 98 valence electrons. The molecular formula is C13H8F3NO2. The molecule has 3 nitrogen and oxygen atoms in total. The number of fused-ring (bicyclic) bond motifs is 1. The standard InChI is InChI=1S/C13H8F3NO2/c1-18-11-3-2-8-4-10(7-17)12(6-9(8)5-11)19-13(14,15)16/h2-6H,1H3. The first-order chi connectivity index (χ1) is 8.93. The van der Waals surface area contributed by atoms with Crippen LogP contribution in [0.4, 0.5) is 13.2 Å². The van der Waals surface area contributed by atoms with Crippen LogP contribution in [0.3, 0.4) is 0 Å². The third-order valence-electron chi connectivity index (χ3n) is 2.49. The van der Waals surface area contributed by atoms with E-state index in [1.807, 2.05) is 0 Å². The summed E-state index contributed by atoms with van der Waals surface area (Å²) in [6, 6.07) is 9.09. The largest absolute Gasteiger partial charge is 0.573 e. The second-order valence-electron chi connectivity index (χ2n) is 3.72. The fraction of sp³-hybridized carbons (Fsp3) is 0.154. The minimum Gasteiger partial charge on any atom is -0.497 e. The lowest BCUT2D eigenvalue weighted by Gasteiger charge is -2.11. The van der Waals surface area contributed by atoms with Crippen molar-refractivity contribution in [2.75, 3.05) is 7.11 Å². The summed E-state index contributed by atoms with van der Waals surface area (Å²) in [6.45, 7) is 0. The van der Waals surface area contributed by atoms with Crippen molar-refractivity contribution in [3.05, 3.63) is 35.9 Å². The van der Waals surface area contributed by atoms with Crippen LogP contribution in [-0.4, -0.2) is 13.5 Å². The van der Waals surface area contributed by atoms with E-state index < -0.39 is 12.1 Å². The van der Waals surface area contributed by atoms with Crippen LogP contribution in [0.2, 0.25) is 0 Å². The van der Waals surface area contributed by atoms with Gasteiger partial charge in [0.1, 0.15) is 17.6 Å². The maximum atomic E-state index is 12.2. The Morgan fingerprint density at radius 1 is 1.11 bits per heavy atom. The van der Waals surface area contributed by atoms with E-state index in [1.165, 1.54) is 19.2 Å². The highest BCUT2D eigenvalue weighted by Gasteiger charge is 2.32. The van der Waals surface area contributed by atoms with Crippen molar-refractivity contribution in [3.8, 4) is 17.6 Å². The van der Waals surface area contributed by atoms with E-state index in [4.69, 9.17) is 10.00 Å². The smallest absolute Gasteiger partial charge is 0.497 e. The molecular weight excluding hydrogens is 259 g/mol. The average Bonchev–Trinajstić information content (AvgIpc) is 2.35. The molecule has 0 heterocycles. The predicted molar refractivity (Wildman–Crippen MR) is 61.9 cm³/mol. The van der Waals surface area contributed by atoms with E-state index in [9.17, 15) is 13.2 Å². The van der Waals surface area contributed by atoms with Crippen molar-refractivity contribution in [2.45, 2.75) is 6.36 Å². The Morgan fingerprint density at radius 3 is 2.42 bits per heavy atom. The first-order valence-electron chi connectivity index (χ1n) is 5.20. The second kappa shape index (κ2) is 4.69. The van der Waals surface area contributed by atoms with E-state index in [1.54, 1.807) is 24.3 Å². The normalized spacial score (nSPS) is 11.1. The molecule has 0 atom stereocenters. The van der Waals surface area contributed by atoms with Gasteiger partial charge in [0.15, 0.2) is 0 Å². The number of nitrogens with zero attached hydrogens (tertiary/aromatic N) is 1. The van der Waals surface area contributed by atoms with E-state index in [-0.39, 0.29) is 5.56 Å². The van der Waals surface area contributed by atoms with Gasteiger partial charge in [-0.1, -0.05) is 6.07 Å². The molecule has 0 fully saturated rings. The highest BCUT2D eigenvalue weighted by Crippen LogP contribution is 2.31. The zero-order valence-electron chi connectivity index (χ0n) is 9.78. The molecule has 0 amide bonds. The van der Waals surface area contributed by atoms with Crippen molar-refractivity contribution < 1.29 is 22.6 Å². The third-order valence-corrected chi connectivity index (χ3v) is 2.49. The van der Waals surface area contributed by atoms with Gasteiger partial charge in [0.2, 0.25) is 0 Å². The van der Waals surface area contributed by atoms with Gasteiger partial charge in [-0.15, -0.1) is 13.2 Å². The number of nitriles is 1. The summed E-state index contributed by atoms with van der Waals surface area (Å²) in [4.78, 5) is 0. The summed E-state index contributed by atoms with van der Waals surface area (Å²) in [7, 11) is 1.46. The second-order valence-corrected chi connectivity index (χ2v) is 3.72. The van der Waals surface area contributed by atoms with Crippen LogP contribution < -0.4 is 9.47 Å². The summed E-state index contributed by atoms with van der Waals surface area (Å²) in [5.74, 6) is -0.00841. The Hall–Kier alpha value is -2.42. The van der Waals surface area contributed by atoms with Crippen molar-refractivity contribution in [1.29, 1.82) is 5.26 Å². The lowest BCUT2D eigenvalue weighted by molar-refractivity contribution is -0.274. The fourth-order valence-electron chi connectivity index (χ4n) is 1.68. The van der Waals surface area contributed by atoms with Gasteiger partial charge >= 0.3 is 6.36 Å². The molecule has 2 aromatic rings. The number of benzene rings is 2. The average molecular weight is 267 g/mol. The minimum atomic E-state index is -4.84. The van der Waals surface area contributed by atoms with Gasteiger partial charge < -0.3 is 9.47 Å². The zero-order valence-corrected chi connectivity index (χ0v) is 9.78. The van der Waals surface area contributed by atoms with Crippen LogP contribution in [0.1, 0.15) is 5.56 Å². The summed E-state index contributed by atoms with van der Waals surface area (Å²) >= 11 is 0. The van der Waals surface area contributed by atoms with Gasteiger partial charge in [-0.3, -0.25) is 0 Å². The molecule has 0 N–H and O–H groups in total. The molecule has 0 aliphatic carbocycles. The SMILES string of the molecule is COc1ccc2cc(C#N)c(OC(F)(F)F)cc2c1. The van der Waals surface area contributed by atoms with Crippen LogP contribution in [0, 0.1) is 11.3 Å². The molecule has 0 aliphatic rings. The van der Waals surface area contributed by atoms with Gasteiger partial charge in [-0.25, -0.2) is 0 Å². The van der Waals surface area contributed by atoms with Gasteiger partial charge in [0, 0.05) is 0 Å². The van der Waals surface area contributed by atoms with Crippen molar-refractivity contribution >= 4 is 10.8 Å². The molecule has 6 heteroatoms. The quantitative estimate of drug-likeness (QED) is 0.834. The molecule has 0 radical (unpaired) electrons. The Balaban J connectivity index is 2.59. The lowest BCUT2D eigenvalue weighted by atomic mass is 10.1. The maximum absolute atomic E-state index is 12.2. The Morgan fingerprint density at radius 2 is 1.84 bits per heavy atom. The molecule has 19 heavy (non-hydrogen) atoms. The monoisotopic (exact) mass is 267 g/mol. The number of ether oxygens (including phenoxy) is 2. The van der Waals surface area contributed by atoms with E-state index in [2.05, 4.69) is 4.74 Å². The molecule has 0 aromatic heterocycles. The molecule has 0 aliphatic heterocycles. The molecule has 2 rings (SSSR count). The molecule has 0 spiro atoms. The van der Waals surface area contributed by atoms with Gasteiger partial charge in [-0.2, -0.15) is 5.26 Å². The first-order valence-corrected chi connectivity index (χ1v) is 5.20. The Labute approximate surface area is 106 Å². The number of alkyl halides is 3. The number of rotatable bonds is 2. The maximum Gasteiger partial charge on any atom is 0.573 e. The zero-order chi connectivity index (χ0) is 14.0.